The fraction of sp³-hybridized carbons (Fsp3) is 0.417. The Morgan fingerprint density at radius 2 is 2.31 bits per heavy atom. The van der Waals surface area contributed by atoms with Crippen molar-refractivity contribution < 1.29 is 4.39 Å². The van der Waals surface area contributed by atoms with Gasteiger partial charge >= 0.3 is 0 Å². The van der Waals surface area contributed by atoms with Crippen molar-refractivity contribution in [2.45, 2.75) is 12.3 Å². The monoisotopic (exact) mass is 238 g/mol. The highest BCUT2D eigenvalue weighted by atomic mass is 35.5. The Morgan fingerprint density at radius 3 is 3.06 bits per heavy atom. The summed E-state index contributed by atoms with van der Waals surface area (Å²) in [4.78, 5) is 6.64. The zero-order valence-electron chi connectivity index (χ0n) is 8.79. The lowest BCUT2D eigenvalue weighted by molar-refractivity contribution is 0.461. The minimum Gasteiger partial charge on any atom is -0.358 e. The Balaban J connectivity index is 1.94. The van der Waals surface area contributed by atoms with Gasteiger partial charge in [-0.05, 0) is 12.1 Å². The van der Waals surface area contributed by atoms with Gasteiger partial charge in [0.2, 0.25) is 0 Å². The Morgan fingerprint density at radius 1 is 1.44 bits per heavy atom. The second-order valence-electron chi connectivity index (χ2n) is 4.28. The Labute approximate surface area is 98.7 Å². The first-order chi connectivity index (χ1) is 7.75. The average Bonchev–Trinajstić information content (AvgIpc) is 2.77. The smallest absolute Gasteiger partial charge is 0.128 e. The lowest BCUT2D eigenvalue weighted by Gasteiger charge is -2.14. The molecule has 0 aromatic heterocycles. The highest BCUT2D eigenvalue weighted by Gasteiger charge is 2.33. The maximum Gasteiger partial charge on any atom is 0.128 e. The van der Waals surface area contributed by atoms with E-state index in [-0.39, 0.29) is 11.7 Å². The summed E-state index contributed by atoms with van der Waals surface area (Å²) in [5.41, 5.74) is 0.654. The molecule has 0 amide bonds. The number of hydrogen-bond donors (Lipinski definition) is 0. The Hall–Kier alpha value is -1.09. The van der Waals surface area contributed by atoms with Gasteiger partial charge in [0, 0.05) is 36.0 Å². The molecule has 1 atom stereocenters. The number of amidine groups is 1. The van der Waals surface area contributed by atoms with E-state index in [1.807, 2.05) is 0 Å². The molecular weight excluding hydrogens is 227 g/mol. The van der Waals surface area contributed by atoms with Crippen LogP contribution >= 0.6 is 11.6 Å². The van der Waals surface area contributed by atoms with Crippen LogP contribution in [0.4, 0.5) is 4.39 Å². The molecule has 0 saturated carbocycles. The molecule has 3 rings (SSSR count). The van der Waals surface area contributed by atoms with Crippen molar-refractivity contribution in [3.05, 3.63) is 34.6 Å². The maximum atomic E-state index is 13.7. The lowest BCUT2D eigenvalue weighted by atomic mass is 9.97. The summed E-state index contributed by atoms with van der Waals surface area (Å²) in [5.74, 6) is 1.08. The molecule has 0 spiro atoms. The first kappa shape index (κ1) is 10.1. The maximum absolute atomic E-state index is 13.7. The standard InChI is InChI=1S/C12H12ClFN2/c13-9-2-1-3-10(14)12(9)8-6-11-15-4-5-16(11)7-8/h1-3,8H,4-7H2. The third-order valence-electron chi connectivity index (χ3n) is 3.31. The summed E-state index contributed by atoms with van der Waals surface area (Å²) in [6.45, 7) is 2.70. The van der Waals surface area contributed by atoms with E-state index in [1.165, 1.54) is 6.07 Å². The molecule has 0 N–H and O–H groups in total. The number of fused-ring (bicyclic) bond motifs is 1. The molecule has 84 valence electrons. The molecule has 1 fully saturated rings. The van der Waals surface area contributed by atoms with Crippen molar-refractivity contribution in [2.75, 3.05) is 19.6 Å². The quantitative estimate of drug-likeness (QED) is 0.735. The number of nitrogens with zero attached hydrogens (tertiary/aromatic N) is 2. The van der Waals surface area contributed by atoms with Crippen molar-refractivity contribution in [1.82, 2.24) is 4.90 Å². The molecule has 2 aliphatic heterocycles. The minimum absolute atomic E-state index is 0.160. The van der Waals surface area contributed by atoms with Crippen molar-refractivity contribution in [1.29, 1.82) is 0 Å². The van der Waals surface area contributed by atoms with E-state index in [0.29, 0.717) is 10.6 Å². The van der Waals surface area contributed by atoms with Gasteiger partial charge in [-0.2, -0.15) is 0 Å². The molecule has 0 bridgehead atoms. The number of benzene rings is 1. The first-order valence-corrected chi connectivity index (χ1v) is 5.85. The van der Waals surface area contributed by atoms with Gasteiger partial charge in [-0.1, -0.05) is 17.7 Å². The van der Waals surface area contributed by atoms with Crippen LogP contribution in [0.1, 0.15) is 17.9 Å². The predicted molar refractivity (Wildman–Crippen MR) is 62.6 cm³/mol. The number of halogens is 2. The third kappa shape index (κ3) is 1.50. The van der Waals surface area contributed by atoms with Crippen LogP contribution in [0, 0.1) is 5.82 Å². The van der Waals surface area contributed by atoms with Gasteiger partial charge in [-0.3, -0.25) is 4.99 Å². The normalized spacial score (nSPS) is 23.5. The summed E-state index contributed by atoms with van der Waals surface area (Å²) in [6.07, 6.45) is 0.820. The number of rotatable bonds is 1. The van der Waals surface area contributed by atoms with E-state index in [2.05, 4.69) is 9.89 Å². The van der Waals surface area contributed by atoms with Crippen LogP contribution in [0.25, 0.3) is 0 Å². The fourth-order valence-corrected chi connectivity index (χ4v) is 2.88. The van der Waals surface area contributed by atoms with Crippen LogP contribution in [0.3, 0.4) is 0 Å². The van der Waals surface area contributed by atoms with E-state index < -0.39 is 0 Å². The lowest BCUT2D eigenvalue weighted by Crippen LogP contribution is -2.21. The van der Waals surface area contributed by atoms with Crippen molar-refractivity contribution in [2.24, 2.45) is 4.99 Å². The van der Waals surface area contributed by atoms with Crippen molar-refractivity contribution >= 4 is 17.4 Å². The van der Waals surface area contributed by atoms with E-state index in [4.69, 9.17) is 11.6 Å². The Kier molecular flexibility index (Phi) is 2.36. The highest BCUT2D eigenvalue weighted by Crippen LogP contribution is 2.35. The van der Waals surface area contributed by atoms with Crippen LogP contribution in [-0.2, 0) is 0 Å². The molecule has 0 aliphatic carbocycles. The van der Waals surface area contributed by atoms with Crippen LogP contribution in [0.5, 0.6) is 0 Å². The molecule has 2 nitrogen and oxygen atoms in total. The second-order valence-corrected chi connectivity index (χ2v) is 4.69. The van der Waals surface area contributed by atoms with E-state index in [1.54, 1.807) is 12.1 Å². The molecule has 1 aromatic rings. The Bertz CT molecular complexity index is 438. The predicted octanol–water partition coefficient (Wildman–Crippen LogP) is 2.68. The van der Waals surface area contributed by atoms with Gasteiger partial charge in [0.1, 0.15) is 5.82 Å². The summed E-state index contributed by atoms with van der Waals surface area (Å²) in [7, 11) is 0. The zero-order valence-corrected chi connectivity index (χ0v) is 9.54. The van der Waals surface area contributed by atoms with Crippen LogP contribution in [-0.4, -0.2) is 30.4 Å². The fourth-order valence-electron chi connectivity index (χ4n) is 2.56. The number of aliphatic imine (C=N–C) groups is 1. The summed E-state index contributed by atoms with van der Waals surface area (Å²) in [5, 5.41) is 0.534. The molecule has 0 radical (unpaired) electrons. The summed E-state index contributed by atoms with van der Waals surface area (Å²) >= 11 is 6.07. The molecule has 1 aromatic carbocycles. The molecule has 16 heavy (non-hydrogen) atoms. The largest absolute Gasteiger partial charge is 0.358 e. The van der Waals surface area contributed by atoms with Crippen LogP contribution in [0.2, 0.25) is 5.02 Å². The van der Waals surface area contributed by atoms with E-state index >= 15 is 0 Å². The molecular formula is C12H12ClFN2. The van der Waals surface area contributed by atoms with Crippen LogP contribution < -0.4 is 0 Å². The van der Waals surface area contributed by atoms with Gasteiger partial charge in [-0.15, -0.1) is 0 Å². The van der Waals surface area contributed by atoms with Gasteiger partial charge in [-0.25, -0.2) is 4.39 Å². The molecule has 1 saturated heterocycles. The third-order valence-corrected chi connectivity index (χ3v) is 3.64. The molecule has 2 aliphatic rings. The average molecular weight is 239 g/mol. The van der Waals surface area contributed by atoms with E-state index in [9.17, 15) is 4.39 Å². The number of hydrogen-bond acceptors (Lipinski definition) is 2. The highest BCUT2D eigenvalue weighted by molar-refractivity contribution is 6.31. The van der Waals surface area contributed by atoms with Crippen molar-refractivity contribution in [3.8, 4) is 0 Å². The summed E-state index contributed by atoms with van der Waals surface area (Å²) in [6, 6.07) is 4.88. The van der Waals surface area contributed by atoms with E-state index in [0.717, 1.165) is 31.9 Å². The second kappa shape index (κ2) is 3.74. The minimum atomic E-state index is -0.195. The van der Waals surface area contributed by atoms with Gasteiger partial charge < -0.3 is 4.90 Å². The SMILES string of the molecule is Fc1cccc(Cl)c1C1CC2=NCCN2C1. The topological polar surface area (TPSA) is 15.6 Å². The summed E-state index contributed by atoms with van der Waals surface area (Å²) < 4.78 is 13.7. The molecule has 4 heteroatoms. The zero-order chi connectivity index (χ0) is 11.1. The van der Waals surface area contributed by atoms with Gasteiger partial charge in [0.05, 0.1) is 12.4 Å². The van der Waals surface area contributed by atoms with Gasteiger partial charge in [0.15, 0.2) is 0 Å². The molecule has 1 unspecified atom stereocenters. The van der Waals surface area contributed by atoms with Gasteiger partial charge in [0.25, 0.3) is 0 Å². The van der Waals surface area contributed by atoms with Crippen molar-refractivity contribution in [3.63, 3.8) is 0 Å². The molecule has 2 heterocycles. The van der Waals surface area contributed by atoms with Crippen LogP contribution in [0.15, 0.2) is 23.2 Å². The first-order valence-electron chi connectivity index (χ1n) is 5.48.